The van der Waals surface area contributed by atoms with Gasteiger partial charge in [0.15, 0.2) is 0 Å². The van der Waals surface area contributed by atoms with Gasteiger partial charge in [0.2, 0.25) is 0 Å². The topological polar surface area (TPSA) is 62.7 Å². The molecule has 0 amide bonds. The average Bonchev–Trinajstić information content (AvgIpc) is 2.91. The number of aromatic nitrogens is 1. The number of methoxy groups -OCH3 is 1. The van der Waals surface area contributed by atoms with E-state index < -0.39 is 24.2 Å². The van der Waals surface area contributed by atoms with Crippen LogP contribution in [-0.2, 0) is 4.79 Å². The van der Waals surface area contributed by atoms with Gasteiger partial charge in [-0.1, -0.05) is 30.3 Å². The van der Waals surface area contributed by atoms with Crippen molar-refractivity contribution in [3.05, 3.63) is 71.9 Å². The molecule has 1 aliphatic heterocycles. The number of ether oxygens (including phenoxy) is 1. The highest BCUT2D eigenvalue weighted by molar-refractivity contribution is 5.83. The minimum Gasteiger partial charge on any atom is -0.497 e. The average molecular weight is 497 g/mol. The summed E-state index contributed by atoms with van der Waals surface area (Å²) in [4.78, 5) is 18.5. The highest BCUT2D eigenvalue weighted by Gasteiger charge is 2.34. The summed E-state index contributed by atoms with van der Waals surface area (Å²) in [5.41, 5.74) is 1.94. The second-order valence-electron chi connectivity index (χ2n) is 9.64. The van der Waals surface area contributed by atoms with Crippen molar-refractivity contribution in [1.82, 2.24) is 9.88 Å². The fourth-order valence-electron chi connectivity index (χ4n) is 5.28. The van der Waals surface area contributed by atoms with E-state index in [0.29, 0.717) is 61.2 Å². The third-order valence-corrected chi connectivity index (χ3v) is 7.36. The number of likely N-dealkylation sites (tertiary alicyclic amines) is 1. The SMILES string of the molecule is COc1ccc2nccc([C@@H](F)CC[C@@H]3CCN(CCCC(F)c4ccccc4)C[C@@H]3C(=O)O)c2c1. The molecular formula is C29H34F2N2O3. The molecule has 1 N–H and O–H groups in total. The van der Waals surface area contributed by atoms with Gasteiger partial charge in [0.05, 0.1) is 18.5 Å². The Morgan fingerprint density at radius 2 is 1.94 bits per heavy atom. The number of hydrogen-bond acceptors (Lipinski definition) is 4. The summed E-state index contributed by atoms with van der Waals surface area (Å²) in [6, 6.07) is 16.2. The van der Waals surface area contributed by atoms with Gasteiger partial charge in [-0.2, -0.15) is 0 Å². The molecule has 1 aromatic heterocycles. The number of carboxylic acid groups (broad SMARTS) is 1. The fraction of sp³-hybridized carbons (Fsp3) is 0.448. The molecule has 5 nitrogen and oxygen atoms in total. The van der Waals surface area contributed by atoms with E-state index in [1.165, 1.54) is 0 Å². The van der Waals surface area contributed by atoms with Gasteiger partial charge >= 0.3 is 5.97 Å². The lowest BCUT2D eigenvalue weighted by Gasteiger charge is -2.37. The van der Waals surface area contributed by atoms with Crippen LogP contribution in [0, 0.1) is 11.8 Å². The third-order valence-electron chi connectivity index (χ3n) is 7.36. The van der Waals surface area contributed by atoms with E-state index in [4.69, 9.17) is 4.74 Å². The number of benzene rings is 2. The van der Waals surface area contributed by atoms with E-state index in [2.05, 4.69) is 9.88 Å². The first-order valence-corrected chi connectivity index (χ1v) is 12.7. The number of halogens is 2. The number of alkyl halides is 2. The van der Waals surface area contributed by atoms with Crippen LogP contribution >= 0.6 is 0 Å². The first-order valence-electron chi connectivity index (χ1n) is 12.7. The molecular weight excluding hydrogens is 462 g/mol. The van der Waals surface area contributed by atoms with Crippen molar-refractivity contribution in [2.45, 2.75) is 44.4 Å². The molecule has 2 aromatic carbocycles. The van der Waals surface area contributed by atoms with E-state index in [1.54, 1.807) is 43.6 Å². The first-order chi connectivity index (χ1) is 17.5. The van der Waals surface area contributed by atoms with Gasteiger partial charge in [0, 0.05) is 18.1 Å². The molecule has 1 fully saturated rings. The highest BCUT2D eigenvalue weighted by Crippen LogP contribution is 2.35. The van der Waals surface area contributed by atoms with Crippen LogP contribution in [0.25, 0.3) is 10.9 Å². The molecule has 1 aliphatic rings. The summed E-state index contributed by atoms with van der Waals surface area (Å²) in [5, 5.41) is 10.6. The zero-order valence-electron chi connectivity index (χ0n) is 20.7. The Balaban J connectivity index is 1.31. The van der Waals surface area contributed by atoms with Crippen molar-refractivity contribution >= 4 is 16.9 Å². The van der Waals surface area contributed by atoms with Gasteiger partial charge < -0.3 is 14.7 Å². The fourth-order valence-corrected chi connectivity index (χ4v) is 5.28. The lowest BCUT2D eigenvalue weighted by molar-refractivity contribution is -0.146. The minimum absolute atomic E-state index is 0.0853. The number of carbonyl (C=O) groups is 1. The van der Waals surface area contributed by atoms with Crippen LogP contribution in [0.15, 0.2) is 60.8 Å². The third kappa shape index (κ3) is 6.38. The maximum absolute atomic E-state index is 15.4. The van der Waals surface area contributed by atoms with Crippen LogP contribution in [0.1, 0.15) is 55.6 Å². The molecule has 0 aliphatic carbocycles. The zero-order valence-corrected chi connectivity index (χ0v) is 20.7. The number of piperidine rings is 1. The lowest BCUT2D eigenvalue weighted by atomic mass is 9.81. The summed E-state index contributed by atoms with van der Waals surface area (Å²) in [6.45, 7) is 1.85. The molecule has 192 valence electrons. The van der Waals surface area contributed by atoms with E-state index in [1.807, 2.05) is 24.3 Å². The largest absolute Gasteiger partial charge is 0.497 e. The number of aliphatic carboxylic acids is 1. The molecule has 0 bridgehead atoms. The van der Waals surface area contributed by atoms with Crippen molar-refractivity contribution in [2.75, 3.05) is 26.7 Å². The molecule has 0 spiro atoms. The van der Waals surface area contributed by atoms with Crippen molar-refractivity contribution < 1.29 is 23.4 Å². The molecule has 1 unspecified atom stereocenters. The Labute approximate surface area is 211 Å². The Kier molecular flexibility index (Phi) is 8.86. The van der Waals surface area contributed by atoms with Gasteiger partial charge in [-0.15, -0.1) is 0 Å². The quantitative estimate of drug-likeness (QED) is 0.326. The van der Waals surface area contributed by atoms with Gasteiger partial charge in [-0.05, 0) is 86.5 Å². The molecule has 4 rings (SSSR count). The standard InChI is InChI=1S/C29H34F2N2O3/c1-36-22-10-12-28-24(18-22)23(13-15-32-28)27(31)11-9-20-14-17-33(19-25(20)29(34)35)16-5-8-26(30)21-6-3-2-4-7-21/h2-4,6-7,10,12-13,15,18,20,25-27H,5,8-9,11,14,16-17,19H2,1H3,(H,34,35)/t20-,25+,26?,27+/m1/s1. The normalized spacial score (nSPS) is 20.2. The summed E-state index contributed by atoms with van der Waals surface area (Å²) in [6.07, 6.45) is 1.92. The molecule has 36 heavy (non-hydrogen) atoms. The number of hydrogen-bond donors (Lipinski definition) is 1. The number of carboxylic acids is 1. The van der Waals surface area contributed by atoms with Crippen LogP contribution < -0.4 is 4.74 Å². The molecule has 7 heteroatoms. The van der Waals surface area contributed by atoms with Gasteiger partial charge in [0.1, 0.15) is 18.1 Å². The number of fused-ring (bicyclic) bond motifs is 1. The van der Waals surface area contributed by atoms with Gasteiger partial charge in [0.25, 0.3) is 0 Å². The molecule has 3 aromatic rings. The summed E-state index contributed by atoms with van der Waals surface area (Å²) in [5.74, 6) is -0.828. The van der Waals surface area contributed by atoms with Crippen molar-refractivity contribution in [1.29, 1.82) is 0 Å². The smallest absolute Gasteiger partial charge is 0.308 e. The second-order valence-corrected chi connectivity index (χ2v) is 9.64. The number of nitrogens with zero attached hydrogens (tertiary/aromatic N) is 2. The maximum atomic E-state index is 15.4. The molecule has 4 atom stereocenters. The first kappa shape index (κ1) is 26.0. The second kappa shape index (κ2) is 12.3. The molecule has 0 saturated carbocycles. The molecule has 0 radical (unpaired) electrons. The number of rotatable bonds is 11. The predicted octanol–water partition coefficient (Wildman–Crippen LogP) is 6.55. The van der Waals surface area contributed by atoms with Crippen LogP contribution in [0.3, 0.4) is 0 Å². The van der Waals surface area contributed by atoms with Crippen molar-refractivity contribution in [3.63, 3.8) is 0 Å². The molecule has 1 saturated heterocycles. The van der Waals surface area contributed by atoms with Crippen molar-refractivity contribution in [3.8, 4) is 5.75 Å². The Bertz CT molecular complexity index is 1140. The highest BCUT2D eigenvalue weighted by atomic mass is 19.1. The summed E-state index contributed by atoms with van der Waals surface area (Å²) >= 11 is 0. The van der Waals surface area contributed by atoms with Gasteiger partial charge in [-0.25, -0.2) is 8.78 Å². The van der Waals surface area contributed by atoms with Gasteiger partial charge in [-0.3, -0.25) is 9.78 Å². The van der Waals surface area contributed by atoms with Crippen LogP contribution in [0.5, 0.6) is 5.75 Å². The minimum atomic E-state index is -1.21. The number of pyridine rings is 1. The summed E-state index contributed by atoms with van der Waals surface area (Å²) in [7, 11) is 1.57. The van der Waals surface area contributed by atoms with E-state index in [-0.39, 0.29) is 12.3 Å². The van der Waals surface area contributed by atoms with E-state index >= 15 is 4.39 Å². The summed E-state index contributed by atoms with van der Waals surface area (Å²) < 4.78 is 35.1. The Morgan fingerprint density at radius 1 is 1.14 bits per heavy atom. The Hall–Kier alpha value is -3.06. The lowest BCUT2D eigenvalue weighted by Crippen LogP contribution is -2.44. The predicted molar refractivity (Wildman–Crippen MR) is 137 cm³/mol. The van der Waals surface area contributed by atoms with Crippen LogP contribution in [0.4, 0.5) is 8.78 Å². The Morgan fingerprint density at radius 3 is 2.69 bits per heavy atom. The van der Waals surface area contributed by atoms with E-state index in [0.717, 1.165) is 11.9 Å². The van der Waals surface area contributed by atoms with Crippen LogP contribution in [-0.4, -0.2) is 47.7 Å². The zero-order chi connectivity index (χ0) is 25.5. The molecule has 2 heterocycles. The monoisotopic (exact) mass is 496 g/mol. The van der Waals surface area contributed by atoms with Crippen molar-refractivity contribution in [2.24, 2.45) is 11.8 Å². The van der Waals surface area contributed by atoms with E-state index in [9.17, 15) is 14.3 Å². The maximum Gasteiger partial charge on any atom is 0.308 e. The van der Waals surface area contributed by atoms with Crippen LogP contribution in [0.2, 0.25) is 0 Å².